The van der Waals surface area contributed by atoms with Crippen molar-refractivity contribution in [3.8, 4) is 0 Å². The number of rotatable bonds is 4. The van der Waals surface area contributed by atoms with E-state index >= 15 is 0 Å². The van der Waals surface area contributed by atoms with Gasteiger partial charge < -0.3 is 5.11 Å². The largest absolute Gasteiger partial charge is 0.388 e. The molecule has 0 aliphatic carbocycles. The number of aliphatic hydroxyl groups excluding tert-OH is 1. The first-order valence-corrected chi connectivity index (χ1v) is 7.37. The lowest BCUT2D eigenvalue weighted by Gasteiger charge is -2.14. The first-order valence-electron chi connectivity index (χ1n) is 6.24. The highest BCUT2D eigenvalue weighted by Crippen LogP contribution is 2.34. The lowest BCUT2D eigenvalue weighted by atomic mass is 10.00. The highest BCUT2D eigenvalue weighted by molar-refractivity contribution is 6.48. The molecule has 1 aromatic carbocycles. The minimum atomic E-state index is -0.533. The lowest BCUT2D eigenvalue weighted by molar-refractivity contribution is 0.159. The van der Waals surface area contributed by atoms with E-state index in [0.29, 0.717) is 27.4 Å². The minimum absolute atomic E-state index is 0.336. The second-order valence-corrected chi connectivity index (χ2v) is 5.48. The molecule has 1 N–H and O–H groups in total. The Balaban J connectivity index is 0.00000137. The maximum atomic E-state index is 9.95. The van der Waals surface area contributed by atoms with Crippen molar-refractivity contribution in [1.29, 1.82) is 0 Å². The third kappa shape index (κ3) is 5.79. The second kappa shape index (κ2) is 9.03. The molecule has 1 atom stereocenters. The van der Waals surface area contributed by atoms with E-state index in [0.717, 1.165) is 12.0 Å². The molecule has 0 heterocycles. The van der Waals surface area contributed by atoms with Crippen LogP contribution in [0.1, 0.15) is 52.2 Å². The van der Waals surface area contributed by atoms with Gasteiger partial charge in [-0.15, -0.1) is 0 Å². The third-order valence-corrected chi connectivity index (χ3v) is 3.61. The second-order valence-electron chi connectivity index (χ2n) is 4.29. The average molecular weight is 312 g/mol. The Labute approximate surface area is 125 Å². The topological polar surface area (TPSA) is 20.2 Å². The van der Waals surface area contributed by atoms with Gasteiger partial charge in [-0.3, -0.25) is 0 Å². The van der Waals surface area contributed by atoms with E-state index in [1.807, 2.05) is 13.8 Å². The standard InChI is InChI=1S/C12H15Cl3O.C2H6/c1-7(2)3-4-11(16)8-5-9(13)12(15)10(14)6-8;1-2/h5-7,11,16H,3-4H2,1-2H3;1-2H3. The predicted molar refractivity (Wildman–Crippen MR) is 81.9 cm³/mol. The third-order valence-electron chi connectivity index (χ3n) is 2.41. The highest BCUT2D eigenvalue weighted by atomic mass is 35.5. The zero-order valence-corrected chi connectivity index (χ0v) is 13.6. The van der Waals surface area contributed by atoms with Crippen LogP contribution < -0.4 is 0 Å². The summed E-state index contributed by atoms with van der Waals surface area (Å²) in [4.78, 5) is 0. The minimum Gasteiger partial charge on any atom is -0.388 e. The molecule has 1 rings (SSSR count). The van der Waals surface area contributed by atoms with Crippen LogP contribution in [0.5, 0.6) is 0 Å². The summed E-state index contributed by atoms with van der Waals surface area (Å²) >= 11 is 17.6. The summed E-state index contributed by atoms with van der Waals surface area (Å²) in [6.45, 7) is 8.24. The summed E-state index contributed by atoms with van der Waals surface area (Å²) in [5, 5.41) is 11.0. The number of halogens is 3. The molecule has 0 spiro atoms. The van der Waals surface area contributed by atoms with Crippen molar-refractivity contribution in [3.63, 3.8) is 0 Å². The van der Waals surface area contributed by atoms with Gasteiger partial charge in [0.25, 0.3) is 0 Å². The van der Waals surface area contributed by atoms with E-state index in [1.54, 1.807) is 12.1 Å². The van der Waals surface area contributed by atoms with E-state index in [9.17, 15) is 5.11 Å². The molecule has 4 heteroatoms. The molecule has 0 bridgehead atoms. The van der Waals surface area contributed by atoms with E-state index in [2.05, 4.69) is 13.8 Å². The van der Waals surface area contributed by atoms with Gasteiger partial charge in [0, 0.05) is 0 Å². The molecule has 0 aliphatic heterocycles. The van der Waals surface area contributed by atoms with Crippen molar-refractivity contribution < 1.29 is 5.11 Å². The van der Waals surface area contributed by atoms with E-state index in [4.69, 9.17) is 34.8 Å². The van der Waals surface area contributed by atoms with Crippen LogP contribution in [0.25, 0.3) is 0 Å². The van der Waals surface area contributed by atoms with Crippen LogP contribution >= 0.6 is 34.8 Å². The fourth-order valence-corrected chi connectivity index (χ4v) is 2.04. The van der Waals surface area contributed by atoms with E-state index < -0.39 is 6.10 Å². The zero-order valence-electron chi connectivity index (χ0n) is 11.3. The van der Waals surface area contributed by atoms with Gasteiger partial charge in [-0.1, -0.05) is 62.5 Å². The fraction of sp³-hybridized carbons (Fsp3) is 0.571. The molecule has 0 saturated carbocycles. The number of benzene rings is 1. The molecule has 18 heavy (non-hydrogen) atoms. The smallest absolute Gasteiger partial charge is 0.0791 e. The summed E-state index contributed by atoms with van der Waals surface area (Å²) in [5.74, 6) is 0.563. The van der Waals surface area contributed by atoms with Crippen LogP contribution in [0.3, 0.4) is 0 Å². The van der Waals surface area contributed by atoms with Gasteiger partial charge in [0.2, 0.25) is 0 Å². The molecule has 104 valence electrons. The quantitative estimate of drug-likeness (QED) is 0.662. The number of hydrogen-bond acceptors (Lipinski definition) is 1. The first-order chi connectivity index (χ1) is 8.41. The van der Waals surface area contributed by atoms with Crippen LogP contribution in [0.2, 0.25) is 15.1 Å². The Bertz CT molecular complexity index is 341. The first kappa shape index (κ1) is 18.0. The van der Waals surface area contributed by atoms with Crippen LogP contribution in [-0.2, 0) is 0 Å². The van der Waals surface area contributed by atoms with Crippen molar-refractivity contribution in [2.45, 2.75) is 46.6 Å². The monoisotopic (exact) mass is 310 g/mol. The summed E-state index contributed by atoms with van der Waals surface area (Å²) in [6, 6.07) is 3.33. The molecule has 1 aromatic rings. The van der Waals surface area contributed by atoms with Gasteiger partial charge in [0.05, 0.1) is 21.2 Å². The highest BCUT2D eigenvalue weighted by Gasteiger charge is 2.13. The molecule has 0 aromatic heterocycles. The Hall–Kier alpha value is 0.0500. The van der Waals surface area contributed by atoms with Crippen molar-refractivity contribution in [1.82, 2.24) is 0 Å². The predicted octanol–water partition coefficient (Wildman–Crippen LogP) is 6.14. The fourth-order valence-electron chi connectivity index (χ4n) is 1.43. The van der Waals surface area contributed by atoms with Gasteiger partial charge in [-0.05, 0) is 36.5 Å². The molecule has 1 nitrogen and oxygen atoms in total. The lowest BCUT2D eigenvalue weighted by Crippen LogP contribution is -2.00. The van der Waals surface area contributed by atoms with E-state index in [-0.39, 0.29) is 0 Å². The molecular weight excluding hydrogens is 291 g/mol. The van der Waals surface area contributed by atoms with Crippen molar-refractivity contribution in [2.75, 3.05) is 0 Å². The van der Waals surface area contributed by atoms with Crippen molar-refractivity contribution in [2.24, 2.45) is 5.92 Å². The summed E-state index contributed by atoms with van der Waals surface area (Å²) in [7, 11) is 0. The number of aliphatic hydroxyl groups is 1. The van der Waals surface area contributed by atoms with Crippen molar-refractivity contribution >= 4 is 34.8 Å². The normalized spacial score (nSPS) is 12.1. The summed E-state index contributed by atoms with van der Waals surface area (Å²) in [6.07, 6.45) is 1.13. The van der Waals surface area contributed by atoms with Gasteiger partial charge in [-0.25, -0.2) is 0 Å². The van der Waals surface area contributed by atoms with Crippen LogP contribution in [-0.4, -0.2) is 5.11 Å². The molecule has 0 saturated heterocycles. The van der Waals surface area contributed by atoms with Crippen LogP contribution in [0, 0.1) is 5.92 Å². The summed E-state index contributed by atoms with van der Waals surface area (Å²) < 4.78 is 0. The Kier molecular flexibility index (Phi) is 9.06. The zero-order chi connectivity index (χ0) is 14.3. The Morgan fingerprint density at radius 1 is 1.00 bits per heavy atom. The van der Waals surface area contributed by atoms with Gasteiger partial charge >= 0.3 is 0 Å². The van der Waals surface area contributed by atoms with E-state index in [1.165, 1.54) is 0 Å². The molecular formula is C14H21Cl3O. The Morgan fingerprint density at radius 2 is 1.44 bits per heavy atom. The average Bonchev–Trinajstić information content (AvgIpc) is 2.34. The maximum absolute atomic E-state index is 9.95. The maximum Gasteiger partial charge on any atom is 0.0791 e. The molecule has 0 radical (unpaired) electrons. The molecule has 0 amide bonds. The molecule has 0 fully saturated rings. The molecule has 1 unspecified atom stereocenters. The Morgan fingerprint density at radius 3 is 1.83 bits per heavy atom. The van der Waals surface area contributed by atoms with Gasteiger partial charge in [0.1, 0.15) is 0 Å². The SMILES string of the molecule is CC.CC(C)CCC(O)c1cc(Cl)c(Cl)c(Cl)c1. The number of hydrogen-bond donors (Lipinski definition) is 1. The van der Waals surface area contributed by atoms with Crippen LogP contribution in [0.4, 0.5) is 0 Å². The molecule has 0 aliphatic rings. The van der Waals surface area contributed by atoms with Gasteiger partial charge in [-0.2, -0.15) is 0 Å². The van der Waals surface area contributed by atoms with Crippen LogP contribution in [0.15, 0.2) is 12.1 Å². The van der Waals surface area contributed by atoms with Gasteiger partial charge in [0.15, 0.2) is 0 Å². The van der Waals surface area contributed by atoms with Crippen molar-refractivity contribution in [3.05, 3.63) is 32.8 Å². The summed E-state index contributed by atoms with van der Waals surface area (Å²) in [5.41, 5.74) is 0.722.